The van der Waals surface area contributed by atoms with E-state index in [1.807, 2.05) is 53.4 Å². The number of carbonyl (C=O) groups excluding carboxylic acids is 1. The maximum atomic E-state index is 12.8. The summed E-state index contributed by atoms with van der Waals surface area (Å²) >= 11 is 0. The summed E-state index contributed by atoms with van der Waals surface area (Å²) in [5.74, 6) is 0.858. The van der Waals surface area contributed by atoms with Crippen LogP contribution >= 0.6 is 0 Å². The molecule has 1 atom stereocenters. The highest BCUT2D eigenvalue weighted by atomic mass is 16.2. The molecule has 1 saturated heterocycles. The number of rotatable bonds is 6. The number of benzene rings is 2. The molecule has 8 heteroatoms. The van der Waals surface area contributed by atoms with Gasteiger partial charge in [0, 0.05) is 38.3 Å². The Morgan fingerprint density at radius 1 is 1.15 bits per heavy atom. The Morgan fingerprint density at radius 2 is 1.97 bits per heavy atom. The number of nitrogens with zero attached hydrogens (tertiary/aromatic N) is 4. The van der Waals surface area contributed by atoms with Crippen LogP contribution in [0, 0.1) is 5.92 Å². The molecule has 0 aliphatic carbocycles. The van der Waals surface area contributed by atoms with Gasteiger partial charge in [-0.05, 0) is 42.7 Å². The first-order valence-electron chi connectivity index (χ1n) is 11.2. The van der Waals surface area contributed by atoms with Crippen molar-refractivity contribution in [2.75, 3.05) is 23.3 Å². The van der Waals surface area contributed by atoms with Crippen LogP contribution in [0.25, 0.3) is 11.0 Å². The first kappa shape index (κ1) is 20.9. The predicted molar refractivity (Wildman–Crippen MR) is 128 cm³/mol. The Morgan fingerprint density at radius 3 is 2.76 bits per heavy atom. The maximum Gasteiger partial charge on any atom is 0.268 e. The summed E-state index contributed by atoms with van der Waals surface area (Å²) in [5, 5.41) is 7.10. The number of nitrogens with one attached hydrogen (secondary N) is 2. The van der Waals surface area contributed by atoms with Crippen LogP contribution in [-0.2, 0) is 24.7 Å². The van der Waals surface area contributed by atoms with E-state index >= 15 is 0 Å². The molecule has 2 aromatic carbocycles. The Balaban J connectivity index is 1.15. The Labute approximate surface area is 191 Å². The lowest BCUT2D eigenvalue weighted by molar-refractivity contribution is -0.119. The van der Waals surface area contributed by atoms with Gasteiger partial charge in [0.05, 0.1) is 28.8 Å². The van der Waals surface area contributed by atoms with E-state index in [1.165, 1.54) is 10.2 Å². The Bertz CT molecular complexity index is 1310. The average Bonchev–Trinajstić information content (AvgIpc) is 3.48. The van der Waals surface area contributed by atoms with Crippen LogP contribution in [0.2, 0.25) is 0 Å². The fourth-order valence-electron chi connectivity index (χ4n) is 4.23. The number of para-hydroxylation sites is 2. The highest BCUT2D eigenvalue weighted by Gasteiger charge is 2.29. The first-order valence-corrected chi connectivity index (χ1v) is 11.2. The Hall–Kier alpha value is -3.94. The molecule has 1 unspecified atom stereocenters. The number of aryl methyl sites for hydroxylation is 3. The van der Waals surface area contributed by atoms with E-state index in [9.17, 15) is 9.59 Å². The minimum absolute atomic E-state index is 0.00400. The van der Waals surface area contributed by atoms with Crippen molar-refractivity contribution in [2.24, 2.45) is 13.0 Å². The standard InChI is InChI=1S/C25H26N6O2/c1-30-24(32)14-20(15-26-30)31-13-12-18(16-31)25(33)27-19-9-6-17(7-10-19)8-11-23-28-21-4-2-3-5-22(21)29-23/h2-7,9-10,14-15,18H,8,11-13,16H2,1H3,(H,27,33)(H,28,29). The van der Waals surface area contributed by atoms with Crippen molar-refractivity contribution in [3.8, 4) is 0 Å². The van der Waals surface area contributed by atoms with Crippen LogP contribution in [0.5, 0.6) is 0 Å². The van der Waals surface area contributed by atoms with Gasteiger partial charge in [-0.15, -0.1) is 0 Å². The van der Waals surface area contributed by atoms with Crippen LogP contribution in [0.1, 0.15) is 17.8 Å². The molecule has 33 heavy (non-hydrogen) atoms. The molecule has 0 bridgehead atoms. The van der Waals surface area contributed by atoms with E-state index < -0.39 is 0 Å². The minimum atomic E-state index is -0.152. The van der Waals surface area contributed by atoms with Gasteiger partial charge in [-0.25, -0.2) is 9.67 Å². The van der Waals surface area contributed by atoms with E-state index in [0.717, 1.165) is 54.0 Å². The molecule has 2 aromatic heterocycles. The molecule has 8 nitrogen and oxygen atoms in total. The molecular formula is C25H26N6O2. The van der Waals surface area contributed by atoms with E-state index in [-0.39, 0.29) is 17.4 Å². The molecule has 0 radical (unpaired) electrons. The van der Waals surface area contributed by atoms with Crippen molar-refractivity contribution < 1.29 is 4.79 Å². The van der Waals surface area contributed by atoms with Crippen molar-refractivity contribution in [3.63, 3.8) is 0 Å². The van der Waals surface area contributed by atoms with Gasteiger partial charge in [0.15, 0.2) is 0 Å². The molecule has 3 heterocycles. The third-order valence-electron chi connectivity index (χ3n) is 6.19. The smallest absolute Gasteiger partial charge is 0.268 e. The quantitative estimate of drug-likeness (QED) is 0.479. The van der Waals surface area contributed by atoms with Crippen LogP contribution in [0.15, 0.2) is 65.6 Å². The zero-order chi connectivity index (χ0) is 22.8. The van der Waals surface area contributed by atoms with Crippen molar-refractivity contribution >= 4 is 28.3 Å². The van der Waals surface area contributed by atoms with Crippen molar-refractivity contribution in [1.29, 1.82) is 0 Å². The summed E-state index contributed by atoms with van der Waals surface area (Å²) in [6.07, 6.45) is 4.12. The number of carbonyl (C=O) groups is 1. The second kappa shape index (κ2) is 8.90. The van der Waals surface area contributed by atoms with Crippen LogP contribution < -0.4 is 15.8 Å². The normalized spacial score (nSPS) is 15.8. The summed E-state index contributed by atoms with van der Waals surface area (Å²) in [4.78, 5) is 34.6. The molecule has 4 aromatic rings. The zero-order valence-electron chi connectivity index (χ0n) is 18.5. The van der Waals surface area contributed by atoms with E-state index in [4.69, 9.17) is 0 Å². The van der Waals surface area contributed by atoms with Gasteiger partial charge in [0.2, 0.25) is 5.91 Å². The van der Waals surface area contributed by atoms with E-state index in [2.05, 4.69) is 20.4 Å². The SMILES string of the molecule is Cn1ncc(N2CCC(C(=O)Nc3ccc(CCc4nc5ccccc5[nH]4)cc3)C2)cc1=O. The molecule has 1 fully saturated rings. The highest BCUT2D eigenvalue weighted by molar-refractivity contribution is 5.93. The molecule has 0 saturated carbocycles. The summed E-state index contributed by atoms with van der Waals surface area (Å²) in [6.45, 7) is 1.31. The second-order valence-electron chi connectivity index (χ2n) is 8.49. The lowest BCUT2D eigenvalue weighted by atomic mass is 10.1. The number of imidazole rings is 1. The number of H-pyrrole nitrogens is 1. The summed E-state index contributed by atoms with van der Waals surface area (Å²) in [7, 11) is 1.62. The van der Waals surface area contributed by atoms with Crippen LogP contribution in [0.4, 0.5) is 11.4 Å². The van der Waals surface area contributed by atoms with Gasteiger partial charge < -0.3 is 15.2 Å². The fraction of sp³-hybridized carbons (Fsp3) is 0.280. The molecule has 1 amide bonds. The van der Waals surface area contributed by atoms with Gasteiger partial charge in [-0.3, -0.25) is 9.59 Å². The lowest BCUT2D eigenvalue weighted by Crippen LogP contribution is -2.28. The van der Waals surface area contributed by atoms with Crippen molar-refractivity contribution in [2.45, 2.75) is 19.3 Å². The van der Waals surface area contributed by atoms with Gasteiger partial charge >= 0.3 is 0 Å². The molecule has 168 valence electrons. The number of aromatic amines is 1. The van der Waals surface area contributed by atoms with Crippen LogP contribution in [-0.4, -0.2) is 38.7 Å². The molecule has 5 rings (SSSR count). The van der Waals surface area contributed by atoms with Crippen molar-refractivity contribution in [1.82, 2.24) is 19.7 Å². The summed E-state index contributed by atoms with van der Waals surface area (Å²) in [5.41, 5.74) is 4.65. The number of fused-ring (bicyclic) bond motifs is 1. The van der Waals surface area contributed by atoms with Gasteiger partial charge in [-0.1, -0.05) is 24.3 Å². The first-order chi connectivity index (χ1) is 16.0. The van der Waals surface area contributed by atoms with Crippen LogP contribution in [0.3, 0.4) is 0 Å². The monoisotopic (exact) mass is 442 g/mol. The lowest BCUT2D eigenvalue weighted by Gasteiger charge is -2.18. The number of amides is 1. The average molecular weight is 443 g/mol. The fourth-order valence-corrected chi connectivity index (χ4v) is 4.23. The van der Waals surface area contributed by atoms with Gasteiger partial charge in [-0.2, -0.15) is 5.10 Å². The summed E-state index contributed by atoms with van der Waals surface area (Å²) in [6, 6.07) is 17.6. The van der Waals surface area contributed by atoms with Crippen molar-refractivity contribution in [3.05, 3.63) is 82.5 Å². The summed E-state index contributed by atoms with van der Waals surface area (Å²) < 4.78 is 1.30. The maximum absolute atomic E-state index is 12.8. The second-order valence-corrected chi connectivity index (χ2v) is 8.49. The van der Waals surface area contributed by atoms with Gasteiger partial charge in [0.1, 0.15) is 5.82 Å². The number of anilines is 2. The molecule has 0 spiro atoms. The van der Waals surface area contributed by atoms with E-state index in [0.29, 0.717) is 6.54 Å². The molecule has 1 aliphatic heterocycles. The third-order valence-corrected chi connectivity index (χ3v) is 6.19. The molecular weight excluding hydrogens is 416 g/mol. The molecule has 1 aliphatic rings. The highest BCUT2D eigenvalue weighted by Crippen LogP contribution is 2.23. The Kier molecular flexibility index (Phi) is 5.64. The predicted octanol–water partition coefficient (Wildman–Crippen LogP) is 2.91. The number of aromatic nitrogens is 4. The largest absolute Gasteiger partial charge is 0.369 e. The third kappa shape index (κ3) is 4.64. The zero-order valence-corrected chi connectivity index (χ0v) is 18.5. The number of hydrogen-bond acceptors (Lipinski definition) is 5. The van der Waals surface area contributed by atoms with Gasteiger partial charge in [0.25, 0.3) is 5.56 Å². The minimum Gasteiger partial charge on any atom is -0.369 e. The molecule has 2 N–H and O–H groups in total. The number of hydrogen-bond donors (Lipinski definition) is 2. The topological polar surface area (TPSA) is 95.9 Å². The van der Waals surface area contributed by atoms with E-state index in [1.54, 1.807) is 19.3 Å².